The molecule has 3 N–H and O–H groups in total. The predicted molar refractivity (Wildman–Crippen MR) is 69.3 cm³/mol. The lowest BCUT2D eigenvalue weighted by Crippen LogP contribution is -2.30. The maximum absolute atomic E-state index is 10.2. The molecular weight excluding hydrogens is 244 g/mol. The minimum Gasteiger partial charge on any atom is -0.508 e. The number of phenolic OH excluding ortho intramolecular Hbond substituents is 2. The monoisotopic (exact) mass is 258 g/mol. The van der Waals surface area contributed by atoms with Gasteiger partial charge in [-0.2, -0.15) is 0 Å². The molecule has 0 bridgehead atoms. The van der Waals surface area contributed by atoms with Gasteiger partial charge in [-0.05, 0) is 29.8 Å². The van der Waals surface area contributed by atoms with Crippen molar-refractivity contribution in [2.45, 2.75) is 18.6 Å². The SMILES string of the molecule is Oc1cccc(C2Oc3cccc(O)c3C[C@H]2O)c1. The smallest absolute Gasteiger partial charge is 0.150 e. The van der Waals surface area contributed by atoms with Crippen molar-refractivity contribution in [2.75, 3.05) is 0 Å². The van der Waals surface area contributed by atoms with Gasteiger partial charge in [-0.25, -0.2) is 0 Å². The molecule has 0 aliphatic carbocycles. The molecule has 0 aromatic heterocycles. The Morgan fingerprint density at radius 2 is 1.84 bits per heavy atom. The van der Waals surface area contributed by atoms with Crippen LogP contribution in [0.1, 0.15) is 17.2 Å². The molecule has 4 heteroatoms. The van der Waals surface area contributed by atoms with E-state index in [9.17, 15) is 15.3 Å². The standard InChI is InChI=1S/C15H14O4/c16-10-4-1-3-9(7-10)15-13(18)8-11-12(17)5-2-6-14(11)19-15/h1-7,13,15-18H,8H2/t13-,15?/m1/s1. The zero-order chi connectivity index (χ0) is 13.4. The van der Waals surface area contributed by atoms with Crippen molar-refractivity contribution >= 4 is 0 Å². The van der Waals surface area contributed by atoms with E-state index in [-0.39, 0.29) is 11.5 Å². The number of rotatable bonds is 1. The first kappa shape index (κ1) is 11.9. The van der Waals surface area contributed by atoms with Crippen LogP contribution in [-0.4, -0.2) is 21.4 Å². The number of aliphatic hydroxyl groups excluding tert-OH is 1. The maximum Gasteiger partial charge on any atom is 0.150 e. The lowest BCUT2D eigenvalue weighted by Gasteiger charge is -2.31. The molecule has 0 radical (unpaired) electrons. The zero-order valence-corrected chi connectivity index (χ0v) is 10.2. The number of aromatic hydroxyl groups is 2. The normalized spacial score (nSPS) is 21.5. The van der Waals surface area contributed by atoms with Crippen LogP contribution in [0, 0.1) is 0 Å². The van der Waals surface area contributed by atoms with Crippen LogP contribution in [0.15, 0.2) is 42.5 Å². The van der Waals surface area contributed by atoms with Gasteiger partial charge in [0.15, 0.2) is 0 Å². The second kappa shape index (κ2) is 4.48. The summed E-state index contributed by atoms with van der Waals surface area (Å²) in [6.45, 7) is 0. The van der Waals surface area contributed by atoms with Crippen molar-refractivity contribution in [3.8, 4) is 17.2 Å². The fourth-order valence-corrected chi connectivity index (χ4v) is 2.39. The van der Waals surface area contributed by atoms with E-state index < -0.39 is 12.2 Å². The van der Waals surface area contributed by atoms with Crippen LogP contribution in [-0.2, 0) is 6.42 Å². The zero-order valence-electron chi connectivity index (χ0n) is 10.2. The van der Waals surface area contributed by atoms with Crippen molar-refractivity contribution in [1.82, 2.24) is 0 Å². The molecule has 2 aromatic carbocycles. The summed E-state index contributed by atoms with van der Waals surface area (Å²) in [6, 6.07) is 11.7. The summed E-state index contributed by atoms with van der Waals surface area (Å²) >= 11 is 0. The fraction of sp³-hybridized carbons (Fsp3) is 0.200. The van der Waals surface area contributed by atoms with Gasteiger partial charge in [-0.15, -0.1) is 0 Å². The Balaban J connectivity index is 1.98. The molecule has 0 amide bonds. The first-order chi connectivity index (χ1) is 9.15. The minimum atomic E-state index is -0.761. The van der Waals surface area contributed by atoms with Gasteiger partial charge in [-0.3, -0.25) is 0 Å². The van der Waals surface area contributed by atoms with Gasteiger partial charge < -0.3 is 20.1 Å². The molecular formula is C15H14O4. The van der Waals surface area contributed by atoms with Crippen molar-refractivity contribution in [1.29, 1.82) is 0 Å². The van der Waals surface area contributed by atoms with Crippen molar-refractivity contribution in [3.05, 3.63) is 53.6 Å². The minimum absolute atomic E-state index is 0.130. The van der Waals surface area contributed by atoms with E-state index >= 15 is 0 Å². The molecule has 1 unspecified atom stereocenters. The highest BCUT2D eigenvalue weighted by Crippen LogP contribution is 2.39. The number of hydrogen-bond donors (Lipinski definition) is 3. The first-order valence-corrected chi connectivity index (χ1v) is 6.09. The topological polar surface area (TPSA) is 69.9 Å². The lowest BCUT2D eigenvalue weighted by atomic mass is 9.94. The Bertz CT molecular complexity index is 609. The molecule has 3 rings (SSSR count). The molecule has 0 spiro atoms. The largest absolute Gasteiger partial charge is 0.508 e. The Morgan fingerprint density at radius 1 is 1.05 bits per heavy atom. The third kappa shape index (κ3) is 2.11. The summed E-state index contributed by atoms with van der Waals surface area (Å²) in [6.07, 6.45) is -0.980. The number of aliphatic hydroxyl groups is 1. The summed E-state index contributed by atoms with van der Waals surface area (Å²) in [5.74, 6) is 0.833. The second-order valence-corrected chi connectivity index (χ2v) is 4.66. The van der Waals surface area contributed by atoms with E-state index in [0.717, 1.165) is 0 Å². The van der Waals surface area contributed by atoms with E-state index in [1.807, 2.05) is 0 Å². The highest BCUT2D eigenvalue weighted by Gasteiger charge is 2.31. The molecule has 0 fully saturated rings. The molecule has 19 heavy (non-hydrogen) atoms. The van der Waals surface area contributed by atoms with Gasteiger partial charge in [0.25, 0.3) is 0 Å². The molecule has 1 heterocycles. The van der Waals surface area contributed by atoms with Crippen LogP contribution in [0.2, 0.25) is 0 Å². The van der Waals surface area contributed by atoms with Crippen molar-refractivity contribution in [2.24, 2.45) is 0 Å². The number of phenols is 2. The van der Waals surface area contributed by atoms with Gasteiger partial charge in [0, 0.05) is 12.0 Å². The fourth-order valence-electron chi connectivity index (χ4n) is 2.39. The molecule has 0 saturated heterocycles. The average Bonchev–Trinajstić information content (AvgIpc) is 2.39. The molecule has 2 aromatic rings. The number of hydrogen-bond acceptors (Lipinski definition) is 4. The van der Waals surface area contributed by atoms with Crippen molar-refractivity contribution < 1.29 is 20.1 Å². The Hall–Kier alpha value is -2.20. The highest BCUT2D eigenvalue weighted by molar-refractivity contribution is 5.46. The summed E-state index contributed by atoms with van der Waals surface area (Å²) in [4.78, 5) is 0. The summed E-state index contributed by atoms with van der Waals surface area (Å²) in [7, 11) is 0. The van der Waals surface area contributed by atoms with Gasteiger partial charge in [0.2, 0.25) is 0 Å². The molecule has 2 atom stereocenters. The van der Waals surface area contributed by atoms with Gasteiger partial charge in [0.1, 0.15) is 23.4 Å². The Labute approximate surface area is 110 Å². The van der Waals surface area contributed by atoms with Gasteiger partial charge in [0.05, 0.1) is 6.10 Å². The van der Waals surface area contributed by atoms with E-state index in [2.05, 4.69) is 0 Å². The van der Waals surface area contributed by atoms with Gasteiger partial charge >= 0.3 is 0 Å². The first-order valence-electron chi connectivity index (χ1n) is 6.09. The van der Waals surface area contributed by atoms with Gasteiger partial charge in [-0.1, -0.05) is 18.2 Å². The summed E-state index contributed by atoms with van der Waals surface area (Å²) in [5.41, 5.74) is 1.33. The Morgan fingerprint density at radius 3 is 2.63 bits per heavy atom. The van der Waals surface area contributed by atoms with Crippen LogP contribution in [0.3, 0.4) is 0 Å². The highest BCUT2D eigenvalue weighted by atomic mass is 16.5. The number of fused-ring (bicyclic) bond motifs is 1. The van der Waals surface area contributed by atoms with Crippen molar-refractivity contribution in [3.63, 3.8) is 0 Å². The third-order valence-electron chi connectivity index (χ3n) is 3.32. The second-order valence-electron chi connectivity index (χ2n) is 4.66. The van der Waals surface area contributed by atoms with Crippen LogP contribution >= 0.6 is 0 Å². The van der Waals surface area contributed by atoms with Crippen LogP contribution in [0.4, 0.5) is 0 Å². The lowest BCUT2D eigenvalue weighted by molar-refractivity contribution is 0.0199. The number of ether oxygens (including phenoxy) is 1. The third-order valence-corrected chi connectivity index (χ3v) is 3.32. The predicted octanol–water partition coefficient (Wildman–Crippen LogP) is 2.13. The molecule has 4 nitrogen and oxygen atoms in total. The summed E-state index contributed by atoms with van der Waals surface area (Å²) < 4.78 is 5.74. The average molecular weight is 258 g/mol. The van der Waals surface area contributed by atoms with E-state index in [1.54, 1.807) is 42.5 Å². The number of benzene rings is 2. The molecule has 1 aliphatic heterocycles. The van der Waals surface area contributed by atoms with E-state index in [0.29, 0.717) is 23.3 Å². The van der Waals surface area contributed by atoms with Crippen LogP contribution in [0.25, 0.3) is 0 Å². The molecule has 98 valence electrons. The summed E-state index contributed by atoms with van der Waals surface area (Å²) in [5, 5.41) is 29.4. The Kier molecular flexibility index (Phi) is 2.80. The molecule has 0 saturated carbocycles. The van der Waals surface area contributed by atoms with E-state index in [4.69, 9.17) is 4.74 Å². The maximum atomic E-state index is 10.2. The van der Waals surface area contributed by atoms with Crippen LogP contribution in [0.5, 0.6) is 17.2 Å². The van der Waals surface area contributed by atoms with Crippen LogP contribution < -0.4 is 4.74 Å². The quantitative estimate of drug-likeness (QED) is 0.733. The van der Waals surface area contributed by atoms with E-state index in [1.165, 1.54) is 0 Å². The molecule has 1 aliphatic rings.